The molecule has 138 valence electrons. The van der Waals surface area contributed by atoms with Crippen molar-refractivity contribution in [2.24, 2.45) is 0 Å². The van der Waals surface area contributed by atoms with Crippen molar-refractivity contribution in [1.82, 2.24) is 10.2 Å². The van der Waals surface area contributed by atoms with Crippen LogP contribution < -0.4 is 5.32 Å². The monoisotopic (exact) mass is 358 g/mol. The molecule has 0 radical (unpaired) electrons. The molecule has 1 aromatic carbocycles. The zero-order valence-electron chi connectivity index (χ0n) is 14.6. The summed E-state index contributed by atoms with van der Waals surface area (Å²) in [4.78, 5) is 14.5. The Morgan fingerprint density at radius 2 is 2.19 bits per heavy atom. The van der Waals surface area contributed by atoms with Gasteiger partial charge in [-0.15, -0.1) is 0 Å². The highest BCUT2D eigenvalue weighted by atomic mass is 19.1. The first-order chi connectivity index (χ1) is 12.6. The molecule has 2 aliphatic heterocycles. The van der Waals surface area contributed by atoms with Crippen LogP contribution in [-0.4, -0.2) is 42.1 Å². The predicted octanol–water partition coefficient (Wildman–Crippen LogP) is 2.97. The lowest BCUT2D eigenvalue weighted by Gasteiger charge is -2.38. The number of benzene rings is 1. The van der Waals surface area contributed by atoms with Crippen LogP contribution in [0, 0.1) is 5.82 Å². The summed E-state index contributed by atoms with van der Waals surface area (Å²) in [5, 5.41) is 3.05. The third kappa shape index (κ3) is 3.66. The van der Waals surface area contributed by atoms with Crippen LogP contribution in [0.5, 0.6) is 0 Å². The fraction of sp³-hybridized carbons (Fsp3) is 0.450. The van der Waals surface area contributed by atoms with Crippen molar-refractivity contribution in [3.63, 3.8) is 0 Å². The van der Waals surface area contributed by atoms with Gasteiger partial charge in [0.2, 0.25) is 0 Å². The number of hydrogen-bond donors (Lipinski definition) is 1. The number of carbonyl (C=O) groups excluding carboxylic acids is 1. The van der Waals surface area contributed by atoms with Crippen molar-refractivity contribution in [1.29, 1.82) is 0 Å². The van der Waals surface area contributed by atoms with Gasteiger partial charge in [-0.25, -0.2) is 4.39 Å². The van der Waals surface area contributed by atoms with Crippen molar-refractivity contribution in [3.05, 3.63) is 59.8 Å². The van der Waals surface area contributed by atoms with Gasteiger partial charge in [0, 0.05) is 37.8 Å². The SMILES string of the molecule is O=C(N[C@@H]1CCO[C@]2(CCN(Cc3ccccc3F)C2)C1)c1ccco1. The molecule has 2 aliphatic rings. The molecule has 26 heavy (non-hydrogen) atoms. The third-order valence-electron chi connectivity index (χ3n) is 5.32. The van der Waals surface area contributed by atoms with Crippen molar-refractivity contribution >= 4 is 5.91 Å². The molecule has 2 aromatic rings. The third-order valence-corrected chi connectivity index (χ3v) is 5.32. The van der Waals surface area contributed by atoms with E-state index in [0.717, 1.165) is 32.4 Å². The van der Waals surface area contributed by atoms with Crippen LogP contribution in [0.1, 0.15) is 35.4 Å². The lowest BCUT2D eigenvalue weighted by Crippen LogP contribution is -2.49. The molecule has 2 fully saturated rings. The van der Waals surface area contributed by atoms with Gasteiger partial charge < -0.3 is 14.5 Å². The van der Waals surface area contributed by atoms with Crippen LogP contribution in [0.15, 0.2) is 47.1 Å². The molecule has 1 N–H and O–H groups in total. The van der Waals surface area contributed by atoms with Gasteiger partial charge in [-0.2, -0.15) is 0 Å². The Labute approximate surface area is 152 Å². The minimum atomic E-state index is -0.259. The second-order valence-electron chi connectivity index (χ2n) is 7.22. The molecule has 3 heterocycles. The van der Waals surface area contributed by atoms with Gasteiger partial charge in [0.05, 0.1) is 11.9 Å². The van der Waals surface area contributed by atoms with Gasteiger partial charge in [0.1, 0.15) is 5.82 Å². The minimum Gasteiger partial charge on any atom is -0.459 e. The number of furan rings is 1. The van der Waals surface area contributed by atoms with Crippen LogP contribution in [0.25, 0.3) is 0 Å². The van der Waals surface area contributed by atoms with E-state index in [0.29, 0.717) is 24.5 Å². The van der Waals surface area contributed by atoms with Crippen LogP contribution in [-0.2, 0) is 11.3 Å². The summed E-state index contributed by atoms with van der Waals surface area (Å²) >= 11 is 0. The number of amides is 1. The average Bonchev–Trinajstić information content (AvgIpc) is 3.28. The molecule has 1 aromatic heterocycles. The van der Waals surface area contributed by atoms with Crippen LogP contribution in [0.2, 0.25) is 0 Å². The maximum Gasteiger partial charge on any atom is 0.287 e. The zero-order chi connectivity index (χ0) is 18.0. The lowest BCUT2D eigenvalue weighted by molar-refractivity contribution is -0.0794. The standard InChI is InChI=1S/C20H23FN2O3/c21-17-5-2-1-4-15(17)13-23-9-8-20(14-23)12-16(7-11-26-20)22-19(24)18-6-3-10-25-18/h1-6,10,16H,7-9,11-14H2,(H,22,24)/t16-,20-/m1/s1. The van der Waals surface area contributed by atoms with Gasteiger partial charge in [0.25, 0.3) is 5.91 Å². The van der Waals surface area contributed by atoms with Gasteiger partial charge in [-0.05, 0) is 37.5 Å². The smallest absolute Gasteiger partial charge is 0.287 e. The first-order valence-electron chi connectivity index (χ1n) is 9.08. The number of ether oxygens (including phenoxy) is 1. The van der Waals surface area contributed by atoms with E-state index in [1.54, 1.807) is 18.2 Å². The van der Waals surface area contributed by atoms with Crippen LogP contribution in [0.3, 0.4) is 0 Å². The summed E-state index contributed by atoms with van der Waals surface area (Å²) in [6.45, 7) is 2.83. The minimum absolute atomic E-state index is 0.0646. The summed E-state index contributed by atoms with van der Waals surface area (Å²) in [6, 6.07) is 10.3. The molecule has 6 heteroatoms. The fourth-order valence-electron chi connectivity index (χ4n) is 4.03. The largest absolute Gasteiger partial charge is 0.459 e. The van der Waals surface area contributed by atoms with Gasteiger partial charge in [0.15, 0.2) is 5.76 Å². The van der Waals surface area contributed by atoms with E-state index in [1.165, 1.54) is 12.3 Å². The highest BCUT2D eigenvalue weighted by Gasteiger charge is 2.43. The molecule has 0 bridgehead atoms. The number of likely N-dealkylation sites (tertiary alicyclic amines) is 1. The van der Waals surface area contributed by atoms with E-state index in [9.17, 15) is 9.18 Å². The van der Waals surface area contributed by atoms with E-state index in [2.05, 4.69) is 10.2 Å². The highest BCUT2D eigenvalue weighted by Crippen LogP contribution is 2.35. The maximum atomic E-state index is 13.9. The predicted molar refractivity (Wildman–Crippen MR) is 94.2 cm³/mol. The van der Waals surface area contributed by atoms with E-state index in [1.807, 2.05) is 12.1 Å². The average molecular weight is 358 g/mol. The van der Waals surface area contributed by atoms with Crippen molar-refractivity contribution < 1.29 is 18.3 Å². The van der Waals surface area contributed by atoms with Crippen LogP contribution in [0.4, 0.5) is 4.39 Å². The summed E-state index contributed by atoms with van der Waals surface area (Å²) < 4.78 is 25.2. The second-order valence-corrected chi connectivity index (χ2v) is 7.22. The van der Waals surface area contributed by atoms with Gasteiger partial charge >= 0.3 is 0 Å². The van der Waals surface area contributed by atoms with E-state index in [4.69, 9.17) is 9.15 Å². The Kier molecular flexibility index (Phi) is 4.78. The quantitative estimate of drug-likeness (QED) is 0.913. The lowest BCUT2D eigenvalue weighted by atomic mass is 9.89. The maximum absolute atomic E-state index is 13.9. The summed E-state index contributed by atoms with van der Waals surface area (Å²) in [7, 11) is 0. The summed E-state index contributed by atoms with van der Waals surface area (Å²) in [6.07, 6.45) is 3.96. The molecule has 0 aliphatic carbocycles. The Morgan fingerprint density at radius 1 is 1.31 bits per heavy atom. The molecule has 2 saturated heterocycles. The molecular weight excluding hydrogens is 335 g/mol. The molecule has 1 spiro atoms. The van der Waals surface area contributed by atoms with Gasteiger partial charge in [-0.1, -0.05) is 18.2 Å². The van der Waals surface area contributed by atoms with Gasteiger partial charge in [-0.3, -0.25) is 9.69 Å². The number of rotatable bonds is 4. The summed E-state index contributed by atoms with van der Waals surface area (Å²) in [5.41, 5.74) is 0.452. The molecule has 0 saturated carbocycles. The molecule has 5 nitrogen and oxygen atoms in total. The molecule has 1 amide bonds. The Hall–Kier alpha value is -2.18. The number of carbonyl (C=O) groups is 1. The van der Waals surface area contributed by atoms with Crippen molar-refractivity contribution in [3.8, 4) is 0 Å². The highest BCUT2D eigenvalue weighted by molar-refractivity contribution is 5.91. The first kappa shape index (κ1) is 17.2. The van der Waals surface area contributed by atoms with Crippen LogP contribution >= 0.6 is 0 Å². The van der Waals surface area contributed by atoms with Crippen molar-refractivity contribution in [2.45, 2.75) is 37.5 Å². The van der Waals surface area contributed by atoms with E-state index >= 15 is 0 Å². The Morgan fingerprint density at radius 3 is 3.00 bits per heavy atom. The second kappa shape index (κ2) is 7.21. The van der Waals surface area contributed by atoms with Crippen molar-refractivity contribution in [2.75, 3.05) is 19.7 Å². The topological polar surface area (TPSA) is 54.7 Å². The first-order valence-corrected chi connectivity index (χ1v) is 9.08. The molecule has 4 rings (SSSR count). The zero-order valence-corrected chi connectivity index (χ0v) is 14.6. The Balaban J connectivity index is 1.36. The summed E-state index contributed by atoms with van der Waals surface area (Å²) in [5.74, 6) is -0.0157. The number of nitrogens with one attached hydrogen (secondary N) is 1. The van der Waals surface area contributed by atoms with E-state index < -0.39 is 0 Å². The molecule has 2 atom stereocenters. The molecule has 0 unspecified atom stereocenters. The van der Waals surface area contributed by atoms with E-state index in [-0.39, 0.29) is 23.4 Å². The number of halogens is 1. The number of hydrogen-bond acceptors (Lipinski definition) is 4. The fourth-order valence-corrected chi connectivity index (χ4v) is 4.03. The normalized spacial score (nSPS) is 26.3. The molecular formula is C20H23FN2O3. The Bertz CT molecular complexity index is 764. The number of nitrogens with zero attached hydrogens (tertiary/aromatic N) is 1.